The lowest BCUT2D eigenvalue weighted by Crippen LogP contribution is -1.83. The number of hydrogen-bond acceptors (Lipinski definition) is 1. The molecular formula is C14H17N. The fourth-order valence-corrected chi connectivity index (χ4v) is 1.29. The first kappa shape index (κ1) is 11.4. The third-order valence-corrected chi connectivity index (χ3v) is 1.99. The van der Waals surface area contributed by atoms with Crippen molar-refractivity contribution in [3.63, 3.8) is 0 Å². The number of allylic oxidation sites excluding steroid dienone is 8. The van der Waals surface area contributed by atoms with Crippen LogP contribution in [0.25, 0.3) is 0 Å². The van der Waals surface area contributed by atoms with Crippen LogP contribution in [0, 0.1) is 0 Å². The zero-order chi connectivity index (χ0) is 10.9. The van der Waals surface area contributed by atoms with Crippen LogP contribution in [0.5, 0.6) is 0 Å². The smallest absolute Gasteiger partial charge is 0.0665 e. The third-order valence-electron chi connectivity index (χ3n) is 1.99. The molecule has 0 saturated carbocycles. The van der Waals surface area contributed by atoms with Crippen molar-refractivity contribution in [2.75, 3.05) is 0 Å². The molecule has 0 aromatic carbocycles. The highest BCUT2D eigenvalue weighted by atomic mass is 14.7. The van der Waals surface area contributed by atoms with Crippen molar-refractivity contribution in [3.8, 4) is 0 Å². The zero-order valence-electron chi connectivity index (χ0n) is 9.35. The van der Waals surface area contributed by atoms with Crippen LogP contribution in [0.4, 0.5) is 0 Å². The van der Waals surface area contributed by atoms with Gasteiger partial charge in [-0.25, -0.2) is 0 Å². The van der Waals surface area contributed by atoms with E-state index in [-0.39, 0.29) is 0 Å². The Kier molecular flexibility index (Phi) is 5.16. The van der Waals surface area contributed by atoms with Gasteiger partial charge in [-0.3, -0.25) is 4.99 Å². The van der Waals surface area contributed by atoms with Gasteiger partial charge < -0.3 is 0 Å². The Morgan fingerprint density at radius 2 is 2.13 bits per heavy atom. The summed E-state index contributed by atoms with van der Waals surface area (Å²) in [4.78, 5) is 4.42. The molecule has 1 aliphatic carbocycles. The molecule has 0 heterocycles. The topological polar surface area (TPSA) is 12.4 Å². The van der Waals surface area contributed by atoms with Crippen LogP contribution in [-0.4, -0.2) is 6.21 Å². The van der Waals surface area contributed by atoms with Gasteiger partial charge in [-0.1, -0.05) is 42.5 Å². The molecule has 15 heavy (non-hydrogen) atoms. The summed E-state index contributed by atoms with van der Waals surface area (Å²) < 4.78 is 0. The summed E-state index contributed by atoms with van der Waals surface area (Å²) in [7, 11) is 0. The summed E-state index contributed by atoms with van der Waals surface area (Å²) in [5.41, 5.74) is 2.20. The average molecular weight is 199 g/mol. The Morgan fingerprint density at radius 3 is 2.87 bits per heavy atom. The molecule has 1 aliphatic rings. The van der Waals surface area contributed by atoms with Crippen LogP contribution < -0.4 is 0 Å². The Bertz CT molecular complexity index is 363. The molecule has 1 nitrogen and oxygen atoms in total. The van der Waals surface area contributed by atoms with E-state index in [4.69, 9.17) is 0 Å². The molecule has 0 unspecified atom stereocenters. The quantitative estimate of drug-likeness (QED) is 0.610. The first-order valence-corrected chi connectivity index (χ1v) is 5.24. The minimum atomic E-state index is 0.945. The lowest BCUT2D eigenvalue weighted by molar-refractivity contribution is 1.28. The fraction of sp³-hybridized carbons (Fsp3) is 0.214. The van der Waals surface area contributed by atoms with Gasteiger partial charge in [0.05, 0.1) is 5.70 Å². The highest BCUT2D eigenvalue weighted by Gasteiger charge is 1.99. The van der Waals surface area contributed by atoms with Crippen molar-refractivity contribution >= 4 is 6.21 Å². The predicted octanol–water partition coefficient (Wildman–Crippen LogP) is 3.98. The van der Waals surface area contributed by atoms with Gasteiger partial charge in [-0.05, 0) is 31.9 Å². The maximum absolute atomic E-state index is 4.42. The second kappa shape index (κ2) is 6.77. The van der Waals surface area contributed by atoms with Crippen LogP contribution >= 0.6 is 0 Å². The van der Waals surface area contributed by atoms with E-state index >= 15 is 0 Å². The summed E-state index contributed by atoms with van der Waals surface area (Å²) in [6.45, 7) is 4.00. The summed E-state index contributed by atoms with van der Waals surface area (Å²) >= 11 is 0. The fourth-order valence-electron chi connectivity index (χ4n) is 1.29. The lowest BCUT2D eigenvalue weighted by atomic mass is 10.1. The average Bonchev–Trinajstić information content (AvgIpc) is 2.45. The van der Waals surface area contributed by atoms with Crippen molar-refractivity contribution in [2.45, 2.75) is 20.3 Å². The molecule has 0 atom stereocenters. The molecule has 1 heteroatoms. The van der Waals surface area contributed by atoms with Crippen molar-refractivity contribution in [1.29, 1.82) is 0 Å². The SMILES string of the molecule is C/C=C\C=NC1=CCC=CC=C1/C=C/C. The second-order valence-electron chi connectivity index (χ2n) is 3.18. The molecular weight excluding hydrogens is 182 g/mol. The van der Waals surface area contributed by atoms with Crippen LogP contribution in [0.2, 0.25) is 0 Å². The third kappa shape index (κ3) is 3.94. The zero-order valence-corrected chi connectivity index (χ0v) is 9.35. The number of nitrogens with zero attached hydrogens (tertiary/aromatic N) is 1. The molecule has 0 saturated heterocycles. The molecule has 0 spiro atoms. The first-order valence-electron chi connectivity index (χ1n) is 5.24. The summed E-state index contributed by atoms with van der Waals surface area (Å²) in [5.74, 6) is 0. The van der Waals surface area contributed by atoms with Crippen molar-refractivity contribution in [1.82, 2.24) is 0 Å². The lowest BCUT2D eigenvalue weighted by Gasteiger charge is -2.00. The van der Waals surface area contributed by atoms with Crippen LogP contribution in [0.15, 0.2) is 64.9 Å². The van der Waals surface area contributed by atoms with Gasteiger partial charge in [0.15, 0.2) is 0 Å². The van der Waals surface area contributed by atoms with E-state index in [1.807, 2.05) is 38.3 Å². The Labute approximate surface area is 91.9 Å². The van der Waals surface area contributed by atoms with Crippen LogP contribution in [-0.2, 0) is 0 Å². The van der Waals surface area contributed by atoms with E-state index in [0.29, 0.717) is 0 Å². The van der Waals surface area contributed by atoms with E-state index in [2.05, 4.69) is 35.4 Å². The molecule has 0 aromatic rings. The highest BCUT2D eigenvalue weighted by Crippen LogP contribution is 2.17. The summed E-state index contributed by atoms with van der Waals surface area (Å²) in [6.07, 6.45) is 19.2. The first-order chi connectivity index (χ1) is 7.38. The standard InChI is InChI=1S/C14H17N/c1-3-5-12-15-14-11-8-6-7-10-13(14)9-4-2/h3-7,9-12H,8H2,1-2H3/b5-3-,9-4+,15-12?. The van der Waals surface area contributed by atoms with Crippen molar-refractivity contribution < 1.29 is 0 Å². The summed E-state index contributed by atoms with van der Waals surface area (Å²) in [5, 5.41) is 0. The van der Waals surface area contributed by atoms with Gasteiger partial charge >= 0.3 is 0 Å². The van der Waals surface area contributed by atoms with E-state index in [1.165, 1.54) is 0 Å². The van der Waals surface area contributed by atoms with Gasteiger partial charge in [-0.15, -0.1) is 0 Å². The molecule has 0 bridgehead atoms. The van der Waals surface area contributed by atoms with Gasteiger partial charge in [0.1, 0.15) is 0 Å². The number of rotatable bonds is 3. The molecule has 0 aromatic heterocycles. The van der Waals surface area contributed by atoms with Crippen LogP contribution in [0.3, 0.4) is 0 Å². The summed E-state index contributed by atoms with van der Waals surface area (Å²) in [6, 6.07) is 0. The van der Waals surface area contributed by atoms with Crippen LogP contribution in [0.1, 0.15) is 20.3 Å². The van der Waals surface area contributed by atoms with Gasteiger partial charge in [-0.2, -0.15) is 0 Å². The van der Waals surface area contributed by atoms with Crippen molar-refractivity contribution in [2.24, 2.45) is 4.99 Å². The van der Waals surface area contributed by atoms with E-state index in [0.717, 1.165) is 17.7 Å². The van der Waals surface area contributed by atoms with Crippen molar-refractivity contribution in [3.05, 3.63) is 59.9 Å². The Hall–Kier alpha value is -1.63. The van der Waals surface area contributed by atoms with Gasteiger partial charge in [0.2, 0.25) is 0 Å². The van der Waals surface area contributed by atoms with E-state index in [1.54, 1.807) is 0 Å². The molecule has 78 valence electrons. The molecule has 0 amide bonds. The molecule has 0 N–H and O–H groups in total. The van der Waals surface area contributed by atoms with Gasteiger partial charge in [0.25, 0.3) is 0 Å². The molecule has 0 radical (unpaired) electrons. The monoisotopic (exact) mass is 199 g/mol. The van der Waals surface area contributed by atoms with E-state index in [9.17, 15) is 0 Å². The predicted molar refractivity (Wildman–Crippen MR) is 68.0 cm³/mol. The number of aliphatic imine (C=N–C) groups is 1. The van der Waals surface area contributed by atoms with Gasteiger partial charge in [0, 0.05) is 6.21 Å². The normalized spacial score (nSPS) is 17.5. The number of hydrogen-bond donors (Lipinski definition) is 0. The highest BCUT2D eigenvalue weighted by molar-refractivity contribution is 5.73. The second-order valence-corrected chi connectivity index (χ2v) is 3.18. The minimum Gasteiger partial charge on any atom is -0.257 e. The molecule has 0 aliphatic heterocycles. The Balaban J connectivity index is 2.88. The maximum Gasteiger partial charge on any atom is 0.0665 e. The Morgan fingerprint density at radius 1 is 1.27 bits per heavy atom. The minimum absolute atomic E-state index is 0.945. The molecule has 0 fully saturated rings. The molecule has 1 rings (SSSR count). The van der Waals surface area contributed by atoms with E-state index < -0.39 is 0 Å². The largest absolute Gasteiger partial charge is 0.257 e. The maximum atomic E-state index is 4.42.